The number of anilines is 2. The monoisotopic (exact) mass is 464 g/mol. The fourth-order valence-corrected chi connectivity index (χ4v) is 3.86. The number of nitrogens with zero attached hydrogens (tertiary/aromatic N) is 1. The Labute approximate surface area is 197 Å². The number of para-hydroxylation sites is 1. The number of benzene rings is 2. The molecule has 1 aliphatic heterocycles. The van der Waals surface area contributed by atoms with E-state index < -0.39 is 23.6 Å². The van der Waals surface area contributed by atoms with Gasteiger partial charge < -0.3 is 30.0 Å². The minimum atomic E-state index is -0.900. The molecule has 9 nitrogen and oxygen atoms in total. The van der Waals surface area contributed by atoms with Crippen molar-refractivity contribution in [3.05, 3.63) is 54.2 Å². The molecule has 3 aromatic rings. The van der Waals surface area contributed by atoms with Gasteiger partial charge in [0.2, 0.25) is 5.91 Å². The van der Waals surface area contributed by atoms with Crippen molar-refractivity contribution in [1.29, 1.82) is 0 Å². The Bertz CT molecular complexity index is 1260. The van der Waals surface area contributed by atoms with E-state index in [4.69, 9.17) is 9.47 Å². The van der Waals surface area contributed by atoms with Gasteiger partial charge in [-0.25, -0.2) is 4.79 Å². The Morgan fingerprint density at radius 3 is 2.74 bits per heavy atom. The third-order valence-corrected chi connectivity index (χ3v) is 5.29. The summed E-state index contributed by atoms with van der Waals surface area (Å²) in [5, 5.41) is 9.25. The molecule has 0 saturated carbocycles. The normalized spacial score (nSPS) is 13.9. The lowest BCUT2D eigenvalue weighted by Gasteiger charge is -2.24. The number of hydrogen-bond acceptors (Lipinski definition) is 5. The topological polar surface area (TPSA) is 111 Å². The van der Waals surface area contributed by atoms with Gasteiger partial charge in [0.1, 0.15) is 17.4 Å². The van der Waals surface area contributed by atoms with Gasteiger partial charge in [0.05, 0.1) is 5.69 Å². The number of alkyl carbamates (subject to hydrolysis) is 1. The van der Waals surface area contributed by atoms with Gasteiger partial charge in [-0.15, -0.1) is 0 Å². The van der Waals surface area contributed by atoms with Crippen LogP contribution in [0.5, 0.6) is 5.75 Å². The lowest BCUT2D eigenvalue weighted by molar-refractivity contribution is -0.119. The maximum absolute atomic E-state index is 13.3. The molecule has 1 aromatic heterocycles. The van der Waals surface area contributed by atoms with Crippen molar-refractivity contribution in [2.24, 2.45) is 7.05 Å². The van der Waals surface area contributed by atoms with Gasteiger partial charge in [-0.1, -0.05) is 18.2 Å². The number of aryl methyl sites for hydroxylation is 1. The number of carbonyl (C=O) groups is 3. The lowest BCUT2D eigenvalue weighted by atomic mass is 10.0. The van der Waals surface area contributed by atoms with Crippen LogP contribution in [0.1, 0.15) is 26.3 Å². The number of aromatic nitrogens is 1. The summed E-state index contributed by atoms with van der Waals surface area (Å²) in [6, 6.07) is 11.9. The third kappa shape index (κ3) is 5.31. The first-order valence-electron chi connectivity index (χ1n) is 11.0. The number of amides is 3. The molecular formula is C25H28N4O5. The Balaban J connectivity index is 1.58. The smallest absolute Gasteiger partial charge is 0.408 e. The molecule has 34 heavy (non-hydrogen) atoms. The lowest BCUT2D eigenvalue weighted by Crippen LogP contribution is -2.47. The number of nitrogens with one attached hydrogen (secondary N) is 3. The fraction of sp³-hybridized carbons (Fsp3) is 0.320. The predicted molar refractivity (Wildman–Crippen MR) is 129 cm³/mol. The van der Waals surface area contributed by atoms with Gasteiger partial charge in [0.25, 0.3) is 5.91 Å². The molecule has 1 atom stereocenters. The van der Waals surface area contributed by atoms with E-state index in [9.17, 15) is 14.4 Å². The van der Waals surface area contributed by atoms with Crippen LogP contribution in [-0.2, 0) is 27.8 Å². The summed E-state index contributed by atoms with van der Waals surface area (Å²) in [5.74, 6) is -0.157. The van der Waals surface area contributed by atoms with Crippen LogP contribution in [0.2, 0.25) is 0 Å². The first kappa shape index (κ1) is 23.2. The van der Waals surface area contributed by atoms with E-state index >= 15 is 0 Å². The van der Waals surface area contributed by atoms with E-state index in [1.54, 1.807) is 39.0 Å². The molecule has 3 amide bonds. The summed E-state index contributed by atoms with van der Waals surface area (Å²) in [4.78, 5) is 37.4. The van der Waals surface area contributed by atoms with Crippen LogP contribution < -0.4 is 20.7 Å². The van der Waals surface area contributed by atoms with Crippen LogP contribution in [0.25, 0.3) is 10.9 Å². The first-order valence-corrected chi connectivity index (χ1v) is 11.0. The van der Waals surface area contributed by atoms with Crippen molar-refractivity contribution in [2.45, 2.75) is 38.8 Å². The predicted octanol–water partition coefficient (Wildman–Crippen LogP) is 3.58. The van der Waals surface area contributed by atoms with Gasteiger partial charge in [-0.05, 0) is 50.6 Å². The summed E-state index contributed by atoms with van der Waals surface area (Å²) in [6.07, 6.45) is 1.53. The summed E-state index contributed by atoms with van der Waals surface area (Å²) in [6.45, 7) is 5.23. The quantitative estimate of drug-likeness (QED) is 0.535. The van der Waals surface area contributed by atoms with Crippen LogP contribution in [0, 0.1) is 0 Å². The second-order valence-corrected chi connectivity index (χ2v) is 9.22. The summed E-state index contributed by atoms with van der Waals surface area (Å²) >= 11 is 0. The van der Waals surface area contributed by atoms with Crippen molar-refractivity contribution in [3.8, 4) is 5.75 Å². The van der Waals surface area contributed by atoms with Gasteiger partial charge in [-0.2, -0.15) is 0 Å². The molecule has 3 N–H and O–H groups in total. The van der Waals surface area contributed by atoms with Crippen molar-refractivity contribution in [2.75, 3.05) is 17.2 Å². The fourth-order valence-electron chi connectivity index (χ4n) is 3.86. The number of ether oxygens (including phenoxy) is 2. The maximum atomic E-state index is 13.3. The molecule has 0 saturated heterocycles. The van der Waals surface area contributed by atoms with E-state index in [1.807, 2.05) is 42.1 Å². The zero-order valence-corrected chi connectivity index (χ0v) is 19.6. The van der Waals surface area contributed by atoms with Gasteiger partial charge >= 0.3 is 6.09 Å². The largest absolute Gasteiger partial charge is 0.482 e. The Morgan fingerprint density at radius 2 is 1.97 bits per heavy atom. The zero-order chi connectivity index (χ0) is 24.5. The molecule has 0 aliphatic carbocycles. The second-order valence-electron chi connectivity index (χ2n) is 9.22. The van der Waals surface area contributed by atoms with E-state index in [1.165, 1.54) is 0 Å². The van der Waals surface area contributed by atoms with Gasteiger partial charge in [0, 0.05) is 36.3 Å². The average molecular weight is 465 g/mol. The van der Waals surface area contributed by atoms with E-state index in [2.05, 4.69) is 16.0 Å². The zero-order valence-electron chi connectivity index (χ0n) is 19.6. The number of hydrogen-bond donors (Lipinski definition) is 3. The van der Waals surface area contributed by atoms with Crippen molar-refractivity contribution in [3.63, 3.8) is 0 Å². The van der Waals surface area contributed by atoms with Crippen LogP contribution >= 0.6 is 0 Å². The molecule has 1 aliphatic rings. The Hall–Kier alpha value is -4.01. The molecule has 0 bridgehead atoms. The van der Waals surface area contributed by atoms with Crippen molar-refractivity contribution < 1.29 is 23.9 Å². The van der Waals surface area contributed by atoms with E-state index in [-0.39, 0.29) is 18.9 Å². The molecule has 0 fully saturated rings. The third-order valence-electron chi connectivity index (χ3n) is 5.29. The number of fused-ring (bicyclic) bond motifs is 2. The summed E-state index contributed by atoms with van der Waals surface area (Å²) in [5.41, 5.74) is 2.17. The molecule has 2 aromatic carbocycles. The van der Waals surface area contributed by atoms with Crippen molar-refractivity contribution in [1.82, 2.24) is 9.88 Å². The van der Waals surface area contributed by atoms with E-state index in [0.717, 1.165) is 16.5 Å². The SMILES string of the molecule is Cn1cc(CC(NC(=O)OC(C)(C)C)C(=O)Nc2ccc3c(c2)NC(=O)CO3)c2ccccc21. The minimum Gasteiger partial charge on any atom is -0.482 e. The molecular weight excluding hydrogens is 436 g/mol. The average Bonchev–Trinajstić information content (AvgIpc) is 3.07. The summed E-state index contributed by atoms with van der Waals surface area (Å²) in [7, 11) is 1.94. The van der Waals surface area contributed by atoms with Gasteiger partial charge in [-0.3, -0.25) is 9.59 Å². The molecule has 9 heteroatoms. The van der Waals surface area contributed by atoms with Crippen molar-refractivity contribution >= 4 is 40.2 Å². The van der Waals surface area contributed by atoms with E-state index in [0.29, 0.717) is 17.1 Å². The van der Waals surface area contributed by atoms with Gasteiger partial charge in [0.15, 0.2) is 6.61 Å². The van der Waals surface area contributed by atoms with Crippen LogP contribution in [0.3, 0.4) is 0 Å². The number of rotatable bonds is 5. The molecule has 0 spiro atoms. The van der Waals surface area contributed by atoms with Crippen LogP contribution in [-0.4, -0.2) is 40.7 Å². The molecule has 178 valence electrons. The maximum Gasteiger partial charge on any atom is 0.408 e. The Morgan fingerprint density at radius 1 is 1.21 bits per heavy atom. The molecule has 0 radical (unpaired) electrons. The molecule has 1 unspecified atom stereocenters. The van der Waals surface area contributed by atoms with Crippen LogP contribution in [0.4, 0.5) is 16.2 Å². The number of carbonyl (C=O) groups excluding carboxylic acids is 3. The standard InChI is InChI=1S/C25H28N4O5/c1-25(2,3)34-24(32)28-19(11-15-13-29(4)20-8-6-5-7-17(15)20)23(31)26-16-9-10-21-18(12-16)27-22(30)14-33-21/h5-10,12-13,19H,11,14H2,1-4H3,(H,26,31)(H,27,30)(H,28,32). The highest BCUT2D eigenvalue weighted by Gasteiger charge is 2.26. The molecule has 4 rings (SSSR count). The summed E-state index contributed by atoms with van der Waals surface area (Å²) < 4.78 is 12.7. The highest BCUT2D eigenvalue weighted by atomic mass is 16.6. The highest BCUT2D eigenvalue weighted by Crippen LogP contribution is 2.30. The minimum absolute atomic E-state index is 0.0500. The highest BCUT2D eigenvalue weighted by molar-refractivity contribution is 6.00. The Kier molecular flexibility index (Phi) is 6.19. The molecule has 2 heterocycles. The van der Waals surface area contributed by atoms with Crippen LogP contribution in [0.15, 0.2) is 48.7 Å². The first-order chi connectivity index (χ1) is 16.1. The second kappa shape index (κ2) is 9.09.